The van der Waals surface area contributed by atoms with Gasteiger partial charge in [-0.15, -0.1) is 0 Å². The van der Waals surface area contributed by atoms with Crippen molar-refractivity contribution in [2.75, 3.05) is 7.05 Å². The van der Waals surface area contributed by atoms with Gasteiger partial charge in [0.25, 0.3) is 0 Å². The molecule has 1 atom stereocenters. The minimum atomic E-state index is 0.249. The maximum Gasteiger partial charge on any atom is 0.0107 e. The van der Waals surface area contributed by atoms with Crippen LogP contribution in [0, 0.1) is 5.92 Å². The topological polar surface area (TPSA) is 12.0 Å². The van der Waals surface area contributed by atoms with E-state index in [4.69, 9.17) is 0 Å². The van der Waals surface area contributed by atoms with Gasteiger partial charge < -0.3 is 5.32 Å². The summed E-state index contributed by atoms with van der Waals surface area (Å²) in [6.45, 7) is 11.4. The van der Waals surface area contributed by atoms with Gasteiger partial charge >= 0.3 is 0 Å². The normalized spacial score (nSPS) is 13.9. The van der Waals surface area contributed by atoms with Crippen molar-refractivity contribution in [2.45, 2.75) is 58.9 Å². The third-order valence-electron chi connectivity index (χ3n) is 3.47. The van der Waals surface area contributed by atoms with Crippen molar-refractivity contribution in [3.63, 3.8) is 0 Å². The third kappa shape index (κ3) is 4.81. The van der Waals surface area contributed by atoms with E-state index in [1.165, 1.54) is 17.5 Å². The van der Waals surface area contributed by atoms with Crippen molar-refractivity contribution in [3.8, 4) is 0 Å². The maximum absolute atomic E-state index is 3.43. The summed E-state index contributed by atoms with van der Waals surface area (Å²) in [5, 5.41) is 3.43. The lowest BCUT2D eigenvalue weighted by Crippen LogP contribution is -2.29. The highest BCUT2D eigenvalue weighted by Crippen LogP contribution is 2.22. The van der Waals surface area contributed by atoms with Gasteiger partial charge in [-0.3, -0.25) is 0 Å². The zero-order chi connectivity index (χ0) is 13.8. The van der Waals surface area contributed by atoms with Crippen molar-refractivity contribution in [3.05, 3.63) is 35.4 Å². The smallest absolute Gasteiger partial charge is 0.0107 e. The molecular weight excluding hydrogens is 218 g/mol. The van der Waals surface area contributed by atoms with Crippen LogP contribution in [0.15, 0.2) is 24.3 Å². The Balaban J connectivity index is 2.68. The molecule has 1 N–H and O–H groups in total. The number of hydrogen-bond donors (Lipinski definition) is 1. The molecular formula is C17H29N. The molecule has 0 bridgehead atoms. The fourth-order valence-corrected chi connectivity index (χ4v) is 2.30. The van der Waals surface area contributed by atoms with E-state index in [1.807, 2.05) is 0 Å². The molecule has 1 aromatic rings. The standard InChI is InChI=1S/C17H29N/c1-13(2)11-16(18-6)12-14-7-9-15(10-8-14)17(3,4)5/h7-10,13,16,18H,11-12H2,1-6H3. The van der Waals surface area contributed by atoms with Gasteiger partial charge in [0.1, 0.15) is 0 Å². The fourth-order valence-electron chi connectivity index (χ4n) is 2.30. The molecule has 0 heterocycles. The van der Waals surface area contributed by atoms with Gasteiger partial charge in [-0.2, -0.15) is 0 Å². The maximum atomic E-state index is 3.43. The molecule has 0 aliphatic heterocycles. The summed E-state index contributed by atoms with van der Waals surface area (Å²) in [5.41, 5.74) is 3.10. The molecule has 102 valence electrons. The average Bonchev–Trinajstić information content (AvgIpc) is 2.27. The summed E-state index contributed by atoms with van der Waals surface area (Å²) in [7, 11) is 2.07. The van der Waals surface area contributed by atoms with Crippen LogP contribution in [-0.4, -0.2) is 13.1 Å². The summed E-state index contributed by atoms with van der Waals surface area (Å²) in [6, 6.07) is 9.70. The Morgan fingerprint density at radius 1 is 1.06 bits per heavy atom. The average molecular weight is 247 g/mol. The molecule has 0 saturated carbocycles. The number of likely N-dealkylation sites (N-methyl/N-ethyl adjacent to an activating group) is 1. The van der Waals surface area contributed by atoms with Gasteiger partial charge in [0.15, 0.2) is 0 Å². The molecule has 0 radical (unpaired) electrons. The van der Waals surface area contributed by atoms with Crippen LogP contribution in [0.4, 0.5) is 0 Å². The van der Waals surface area contributed by atoms with E-state index >= 15 is 0 Å². The van der Waals surface area contributed by atoms with Crippen LogP contribution < -0.4 is 5.32 Å². The molecule has 0 aliphatic carbocycles. The summed E-state index contributed by atoms with van der Waals surface area (Å²) >= 11 is 0. The van der Waals surface area contributed by atoms with Crippen LogP contribution in [0.1, 0.15) is 52.2 Å². The van der Waals surface area contributed by atoms with Crippen molar-refractivity contribution >= 4 is 0 Å². The van der Waals surface area contributed by atoms with E-state index < -0.39 is 0 Å². The quantitative estimate of drug-likeness (QED) is 0.824. The Hall–Kier alpha value is -0.820. The van der Waals surface area contributed by atoms with Gasteiger partial charge in [-0.1, -0.05) is 58.9 Å². The molecule has 1 aromatic carbocycles. The number of benzene rings is 1. The Labute approximate surface area is 113 Å². The van der Waals surface area contributed by atoms with Crippen molar-refractivity contribution < 1.29 is 0 Å². The zero-order valence-electron chi connectivity index (χ0n) is 12.9. The monoisotopic (exact) mass is 247 g/mol. The van der Waals surface area contributed by atoms with E-state index in [9.17, 15) is 0 Å². The number of nitrogens with one attached hydrogen (secondary N) is 1. The molecule has 1 heteroatoms. The highest BCUT2D eigenvalue weighted by atomic mass is 14.9. The molecule has 0 spiro atoms. The third-order valence-corrected chi connectivity index (χ3v) is 3.47. The first-order chi connectivity index (χ1) is 8.32. The van der Waals surface area contributed by atoms with Crippen LogP contribution in [-0.2, 0) is 11.8 Å². The van der Waals surface area contributed by atoms with E-state index in [2.05, 4.69) is 71.2 Å². The molecule has 0 fully saturated rings. The second-order valence-corrected chi connectivity index (χ2v) is 6.77. The summed E-state index contributed by atoms with van der Waals surface area (Å²) in [4.78, 5) is 0. The molecule has 1 unspecified atom stereocenters. The highest BCUT2D eigenvalue weighted by molar-refractivity contribution is 5.28. The van der Waals surface area contributed by atoms with E-state index in [-0.39, 0.29) is 5.41 Å². The lowest BCUT2D eigenvalue weighted by Gasteiger charge is -2.21. The van der Waals surface area contributed by atoms with Gasteiger partial charge in [0.05, 0.1) is 0 Å². The molecule has 0 aliphatic rings. The predicted octanol–water partition coefficient (Wildman–Crippen LogP) is 4.16. The highest BCUT2D eigenvalue weighted by Gasteiger charge is 2.14. The van der Waals surface area contributed by atoms with Gasteiger partial charge in [-0.25, -0.2) is 0 Å². The lowest BCUT2D eigenvalue weighted by atomic mass is 9.86. The van der Waals surface area contributed by atoms with E-state index in [0.717, 1.165) is 12.3 Å². The van der Waals surface area contributed by atoms with E-state index in [1.54, 1.807) is 0 Å². The molecule has 1 rings (SSSR count). The Morgan fingerprint density at radius 2 is 1.61 bits per heavy atom. The minimum absolute atomic E-state index is 0.249. The van der Waals surface area contributed by atoms with Crippen LogP contribution in [0.5, 0.6) is 0 Å². The Kier molecular flexibility index (Phi) is 5.40. The summed E-state index contributed by atoms with van der Waals surface area (Å²) in [5.74, 6) is 0.747. The van der Waals surface area contributed by atoms with Crippen molar-refractivity contribution in [1.29, 1.82) is 0 Å². The molecule has 0 saturated heterocycles. The second kappa shape index (κ2) is 6.38. The number of rotatable bonds is 5. The largest absolute Gasteiger partial charge is 0.317 e. The first-order valence-electron chi connectivity index (χ1n) is 7.09. The van der Waals surface area contributed by atoms with Crippen LogP contribution in [0.25, 0.3) is 0 Å². The van der Waals surface area contributed by atoms with Crippen molar-refractivity contribution in [1.82, 2.24) is 5.32 Å². The van der Waals surface area contributed by atoms with Gasteiger partial charge in [0, 0.05) is 6.04 Å². The van der Waals surface area contributed by atoms with E-state index in [0.29, 0.717) is 6.04 Å². The lowest BCUT2D eigenvalue weighted by molar-refractivity contribution is 0.441. The van der Waals surface area contributed by atoms with Crippen LogP contribution in [0.2, 0.25) is 0 Å². The van der Waals surface area contributed by atoms with Crippen LogP contribution in [0.3, 0.4) is 0 Å². The molecule has 1 nitrogen and oxygen atoms in total. The molecule has 18 heavy (non-hydrogen) atoms. The minimum Gasteiger partial charge on any atom is -0.317 e. The SMILES string of the molecule is CNC(Cc1ccc(C(C)(C)C)cc1)CC(C)C. The predicted molar refractivity (Wildman–Crippen MR) is 81.1 cm³/mol. The van der Waals surface area contributed by atoms with Gasteiger partial charge in [-0.05, 0) is 42.3 Å². The first kappa shape index (κ1) is 15.2. The van der Waals surface area contributed by atoms with Crippen molar-refractivity contribution in [2.24, 2.45) is 5.92 Å². The Bertz CT molecular complexity index is 343. The molecule has 0 aromatic heterocycles. The zero-order valence-corrected chi connectivity index (χ0v) is 12.9. The van der Waals surface area contributed by atoms with Gasteiger partial charge in [0.2, 0.25) is 0 Å². The molecule has 0 amide bonds. The fraction of sp³-hybridized carbons (Fsp3) is 0.647. The second-order valence-electron chi connectivity index (χ2n) is 6.77. The first-order valence-corrected chi connectivity index (χ1v) is 7.09. The van der Waals surface area contributed by atoms with Crippen LogP contribution >= 0.6 is 0 Å². The summed E-state index contributed by atoms with van der Waals surface area (Å²) in [6.07, 6.45) is 2.36. The Morgan fingerprint density at radius 3 is 2.00 bits per heavy atom. The summed E-state index contributed by atoms with van der Waals surface area (Å²) < 4.78 is 0. The number of hydrogen-bond acceptors (Lipinski definition) is 1.